The Hall–Kier alpha value is -3.37. The van der Waals surface area contributed by atoms with E-state index < -0.39 is 7.12 Å². The van der Waals surface area contributed by atoms with Crippen LogP contribution in [0.3, 0.4) is 0 Å². The zero-order chi connectivity index (χ0) is 22.4. The van der Waals surface area contributed by atoms with Gasteiger partial charge in [0.1, 0.15) is 5.82 Å². The molecule has 32 heavy (non-hydrogen) atoms. The van der Waals surface area contributed by atoms with E-state index in [9.17, 15) is 14.8 Å². The van der Waals surface area contributed by atoms with Gasteiger partial charge < -0.3 is 20.3 Å². The maximum absolute atomic E-state index is 12.7. The van der Waals surface area contributed by atoms with Crippen LogP contribution in [0.1, 0.15) is 0 Å². The van der Waals surface area contributed by atoms with E-state index in [0.29, 0.717) is 43.2 Å². The smallest absolute Gasteiger partial charge is 0.423 e. The summed E-state index contributed by atoms with van der Waals surface area (Å²) in [6, 6.07) is 11.7. The number of hydrogen-bond donors (Lipinski definition) is 5. The number of halogens is 2. The summed E-state index contributed by atoms with van der Waals surface area (Å²) >= 11 is 13.1. The second-order valence-electron chi connectivity index (χ2n) is 7.12. The molecule has 0 saturated carbocycles. The van der Waals surface area contributed by atoms with Gasteiger partial charge >= 0.3 is 7.12 Å². The molecule has 0 unspecified atom stereocenters. The topological polar surface area (TPSA) is 127 Å². The molecule has 0 bridgehead atoms. The monoisotopic (exact) mass is 465 g/mol. The summed E-state index contributed by atoms with van der Waals surface area (Å²) in [5.74, 6) is 0.383. The second-order valence-corrected chi connectivity index (χ2v) is 7.93. The number of aromatic nitrogens is 4. The number of aromatic amines is 2. The van der Waals surface area contributed by atoms with Gasteiger partial charge in [-0.05, 0) is 35.8 Å². The van der Waals surface area contributed by atoms with E-state index in [1.165, 1.54) is 18.3 Å². The van der Waals surface area contributed by atoms with Crippen LogP contribution >= 0.6 is 23.2 Å². The third-order valence-corrected chi connectivity index (χ3v) is 5.73. The molecule has 2 aromatic carbocycles. The molecule has 8 nitrogen and oxygen atoms in total. The first-order valence-electron chi connectivity index (χ1n) is 9.49. The summed E-state index contributed by atoms with van der Waals surface area (Å²) in [4.78, 5) is 20.0. The number of H-pyrrole nitrogens is 2. The number of nitrogens with zero attached hydrogens (tertiary/aromatic N) is 2. The molecule has 158 valence electrons. The van der Waals surface area contributed by atoms with E-state index in [2.05, 4.69) is 25.5 Å². The number of rotatable bonds is 4. The Balaban J connectivity index is 1.69. The third-order valence-electron chi connectivity index (χ3n) is 5.13. The van der Waals surface area contributed by atoms with Crippen LogP contribution in [0.15, 0.2) is 59.7 Å². The summed E-state index contributed by atoms with van der Waals surface area (Å²) < 4.78 is 0. The predicted octanol–water partition coefficient (Wildman–Crippen LogP) is 3.20. The zero-order valence-corrected chi connectivity index (χ0v) is 17.7. The Morgan fingerprint density at radius 1 is 1.00 bits per heavy atom. The summed E-state index contributed by atoms with van der Waals surface area (Å²) in [6.45, 7) is 0. The van der Waals surface area contributed by atoms with Crippen molar-refractivity contribution >= 4 is 69.0 Å². The zero-order valence-electron chi connectivity index (χ0n) is 16.2. The minimum Gasteiger partial charge on any atom is -0.423 e. The Bertz CT molecular complexity index is 1510. The molecule has 0 amide bonds. The molecule has 5 rings (SSSR count). The highest BCUT2D eigenvalue weighted by atomic mass is 35.5. The van der Waals surface area contributed by atoms with Crippen LogP contribution in [-0.4, -0.2) is 37.3 Å². The van der Waals surface area contributed by atoms with Crippen molar-refractivity contribution in [1.29, 1.82) is 0 Å². The fourth-order valence-electron chi connectivity index (χ4n) is 3.61. The molecule has 3 aromatic heterocycles. The quantitative estimate of drug-likeness (QED) is 0.205. The van der Waals surface area contributed by atoms with Gasteiger partial charge in [-0.15, -0.1) is 0 Å². The molecule has 0 aliphatic carbocycles. The van der Waals surface area contributed by atoms with Crippen LogP contribution in [0.5, 0.6) is 0 Å². The van der Waals surface area contributed by atoms with E-state index in [4.69, 9.17) is 23.2 Å². The van der Waals surface area contributed by atoms with Gasteiger partial charge in [0.15, 0.2) is 0 Å². The Kier molecular flexibility index (Phi) is 5.11. The molecule has 3 heterocycles. The molecule has 5 N–H and O–H groups in total. The van der Waals surface area contributed by atoms with Crippen LogP contribution in [0, 0.1) is 0 Å². The van der Waals surface area contributed by atoms with Gasteiger partial charge in [-0.2, -0.15) is 5.10 Å². The molecule has 0 spiro atoms. The van der Waals surface area contributed by atoms with Crippen molar-refractivity contribution in [2.75, 3.05) is 5.32 Å². The van der Waals surface area contributed by atoms with Crippen LogP contribution in [-0.2, 0) is 0 Å². The van der Waals surface area contributed by atoms with Crippen molar-refractivity contribution < 1.29 is 10.0 Å². The molecular formula is C21H14BCl2N5O3. The summed E-state index contributed by atoms with van der Waals surface area (Å²) in [5, 5.41) is 31.1. The van der Waals surface area contributed by atoms with Crippen LogP contribution in [0.2, 0.25) is 10.0 Å². The van der Waals surface area contributed by atoms with Crippen molar-refractivity contribution in [3.63, 3.8) is 0 Å². The van der Waals surface area contributed by atoms with Gasteiger partial charge in [-0.1, -0.05) is 35.3 Å². The van der Waals surface area contributed by atoms with E-state index in [-0.39, 0.29) is 11.0 Å². The molecule has 0 atom stereocenters. The standard InChI is InChI=1S/C21H14BCl2N5O3/c23-14-7-10(16-4-6-26-29-16)8-15(24)19(14)28-20-12-3-5-25-21(30)18(12)13-9-11(22(31)32)1-2-17(13)27-20/h1-9,31-32H,(H,25,30)(H,26,29)(H,27,28). The first-order valence-corrected chi connectivity index (χ1v) is 10.2. The lowest BCUT2D eigenvalue weighted by Crippen LogP contribution is -2.29. The van der Waals surface area contributed by atoms with Gasteiger partial charge in [0.05, 0.1) is 32.3 Å². The van der Waals surface area contributed by atoms with Crippen molar-refractivity contribution in [2.24, 2.45) is 0 Å². The Morgan fingerprint density at radius 3 is 2.47 bits per heavy atom. The first-order chi connectivity index (χ1) is 15.4. The van der Waals surface area contributed by atoms with Crippen molar-refractivity contribution in [1.82, 2.24) is 20.2 Å². The Morgan fingerprint density at radius 2 is 1.78 bits per heavy atom. The van der Waals surface area contributed by atoms with Gasteiger partial charge in [-0.3, -0.25) is 9.89 Å². The van der Waals surface area contributed by atoms with E-state index in [0.717, 1.165) is 11.3 Å². The average Bonchev–Trinajstić information content (AvgIpc) is 3.30. The molecule has 0 aliphatic heterocycles. The molecule has 0 aliphatic rings. The maximum atomic E-state index is 12.7. The molecule has 0 fully saturated rings. The largest absolute Gasteiger partial charge is 0.488 e. The summed E-state index contributed by atoms with van der Waals surface area (Å²) in [7, 11) is -1.67. The second kappa shape index (κ2) is 7.96. The highest BCUT2D eigenvalue weighted by molar-refractivity contribution is 6.59. The predicted molar refractivity (Wildman–Crippen MR) is 127 cm³/mol. The van der Waals surface area contributed by atoms with E-state index >= 15 is 0 Å². The number of anilines is 2. The SMILES string of the molecule is O=c1[nH]ccc2c(Nc3c(Cl)cc(-c4ccn[nH]4)cc3Cl)nc3ccc(B(O)O)cc3c12. The average molecular weight is 466 g/mol. The molecule has 5 aromatic rings. The summed E-state index contributed by atoms with van der Waals surface area (Å²) in [6.07, 6.45) is 3.14. The van der Waals surface area contributed by atoms with Gasteiger partial charge in [0, 0.05) is 28.7 Å². The first kappa shape index (κ1) is 20.5. The lowest BCUT2D eigenvalue weighted by Gasteiger charge is -2.15. The number of benzene rings is 2. The van der Waals surface area contributed by atoms with Crippen molar-refractivity contribution in [3.8, 4) is 11.3 Å². The van der Waals surface area contributed by atoms with E-state index in [1.807, 2.05) is 0 Å². The molecule has 0 radical (unpaired) electrons. The van der Waals surface area contributed by atoms with Gasteiger partial charge in [-0.25, -0.2) is 4.98 Å². The van der Waals surface area contributed by atoms with Gasteiger partial charge in [0.2, 0.25) is 0 Å². The normalized spacial score (nSPS) is 11.2. The minimum atomic E-state index is -1.67. The molecule has 0 saturated heterocycles. The molecule has 11 heteroatoms. The van der Waals surface area contributed by atoms with Crippen molar-refractivity contribution in [3.05, 3.63) is 75.3 Å². The fraction of sp³-hybridized carbons (Fsp3) is 0. The highest BCUT2D eigenvalue weighted by Gasteiger charge is 2.18. The summed E-state index contributed by atoms with van der Waals surface area (Å²) in [5.41, 5.74) is 2.38. The number of hydrogen-bond acceptors (Lipinski definition) is 6. The Labute approximate surface area is 191 Å². The minimum absolute atomic E-state index is 0.255. The lowest BCUT2D eigenvalue weighted by molar-refractivity contribution is 0.426. The highest BCUT2D eigenvalue weighted by Crippen LogP contribution is 2.38. The molecular weight excluding hydrogens is 452 g/mol. The number of nitrogens with one attached hydrogen (secondary N) is 3. The number of fused-ring (bicyclic) bond motifs is 3. The van der Waals surface area contributed by atoms with Gasteiger partial charge in [0.25, 0.3) is 5.56 Å². The van der Waals surface area contributed by atoms with Crippen LogP contribution in [0.25, 0.3) is 32.9 Å². The fourth-order valence-corrected chi connectivity index (χ4v) is 4.20. The van der Waals surface area contributed by atoms with Crippen molar-refractivity contribution in [2.45, 2.75) is 0 Å². The van der Waals surface area contributed by atoms with E-state index in [1.54, 1.807) is 36.5 Å². The van der Waals surface area contributed by atoms with Crippen LogP contribution < -0.4 is 16.3 Å². The third kappa shape index (κ3) is 3.51. The lowest BCUT2D eigenvalue weighted by atomic mass is 9.79. The maximum Gasteiger partial charge on any atom is 0.488 e. The number of pyridine rings is 2. The van der Waals surface area contributed by atoms with Crippen LogP contribution in [0.4, 0.5) is 11.5 Å².